The van der Waals surface area contributed by atoms with Crippen LogP contribution in [0.15, 0.2) is 39.8 Å². The van der Waals surface area contributed by atoms with E-state index in [-0.39, 0.29) is 11.5 Å². The maximum Gasteiger partial charge on any atom is 0.241 e. The lowest BCUT2D eigenvalue weighted by Gasteiger charge is -2.11. The monoisotopic (exact) mass is 296 g/mol. The Balaban J connectivity index is 2.17. The van der Waals surface area contributed by atoms with E-state index in [1.807, 2.05) is 0 Å². The first-order valence-electron chi connectivity index (χ1n) is 6.07. The molecule has 1 aromatic carbocycles. The summed E-state index contributed by atoms with van der Waals surface area (Å²) >= 11 is 0. The van der Waals surface area contributed by atoms with Gasteiger partial charge in [-0.1, -0.05) is 12.1 Å². The van der Waals surface area contributed by atoms with E-state index in [1.165, 1.54) is 18.3 Å². The topological polar surface area (TPSA) is 92.4 Å². The third kappa shape index (κ3) is 3.24. The van der Waals surface area contributed by atoms with Gasteiger partial charge in [0.2, 0.25) is 15.9 Å². The van der Waals surface area contributed by atoms with Gasteiger partial charge in [0.05, 0.1) is 23.7 Å². The smallest absolute Gasteiger partial charge is 0.241 e. The maximum absolute atomic E-state index is 12.2. The summed E-state index contributed by atoms with van der Waals surface area (Å²) in [5.41, 5.74) is 0.653. The van der Waals surface area contributed by atoms with Gasteiger partial charge in [-0.15, -0.1) is 0 Å². The van der Waals surface area contributed by atoms with E-state index in [0.717, 1.165) is 0 Å². The second-order valence-corrected chi connectivity index (χ2v) is 6.17. The van der Waals surface area contributed by atoms with Gasteiger partial charge in [0, 0.05) is 0 Å². The first kappa shape index (κ1) is 14.7. The Labute approximate surface area is 117 Å². The highest BCUT2D eigenvalue weighted by Crippen LogP contribution is 2.17. The molecule has 108 valence electrons. The molecule has 0 saturated carbocycles. The molecule has 2 aromatic rings. The molecule has 2 N–H and O–H groups in total. The van der Waals surface area contributed by atoms with Crippen LogP contribution in [0.3, 0.4) is 0 Å². The average molecular weight is 296 g/mol. The number of sulfonamides is 1. The number of nitrogens with zero attached hydrogens (tertiary/aromatic N) is 1. The van der Waals surface area contributed by atoms with E-state index in [9.17, 15) is 8.42 Å². The van der Waals surface area contributed by atoms with Crippen molar-refractivity contribution in [2.24, 2.45) is 0 Å². The zero-order valence-corrected chi connectivity index (χ0v) is 12.0. The van der Waals surface area contributed by atoms with Crippen molar-refractivity contribution in [3.05, 3.63) is 47.7 Å². The van der Waals surface area contributed by atoms with Gasteiger partial charge in [-0.2, -0.15) is 4.72 Å². The summed E-state index contributed by atoms with van der Waals surface area (Å²) in [6, 6.07) is 5.46. The Hall–Kier alpha value is -1.70. The quantitative estimate of drug-likeness (QED) is 0.872. The molecule has 0 spiro atoms. The first-order valence-corrected chi connectivity index (χ1v) is 7.55. The Morgan fingerprint density at radius 2 is 2.00 bits per heavy atom. The highest BCUT2D eigenvalue weighted by molar-refractivity contribution is 7.89. The maximum atomic E-state index is 12.2. The van der Waals surface area contributed by atoms with Crippen LogP contribution in [0.4, 0.5) is 0 Å². The van der Waals surface area contributed by atoms with E-state index in [4.69, 9.17) is 9.52 Å². The fourth-order valence-corrected chi connectivity index (χ4v) is 2.89. The molecule has 2 rings (SSSR count). The van der Waals surface area contributed by atoms with Crippen molar-refractivity contribution in [1.29, 1.82) is 0 Å². The summed E-state index contributed by atoms with van der Waals surface area (Å²) in [5, 5.41) is 8.94. The van der Waals surface area contributed by atoms with Gasteiger partial charge >= 0.3 is 0 Å². The number of aliphatic hydroxyl groups excluding tert-OH is 1. The van der Waals surface area contributed by atoms with Crippen molar-refractivity contribution in [2.75, 3.05) is 0 Å². The minimum absolute atomic E-state index is 0.125. The molecular weight excluding hydrogens is 280 g/mol. The van der Waals surface area contributed by atoms with Gasteiger partial charge in [-0.3, -0.25) is 0 Å². The number of nitrogens with one attached hydrogen (secondary N) is 1. The second-order valence-electron chi connectivity index (χ2n) is 4.45. The van der Waals surface area contributed by atoms with Crippen molar-refractivity contribution in [3.63, 3.8) is 0 Å². The van der Waals surface area contributed by atoms with Crippen LogP contribution in [0.1, 0.15) is 30.2 Å². The lowest BCUT2D eigenvalue weighted by molar-refractivity contribution is 0.282. The molecule has 0 fully saturated rings. The van der Waals surface area contributed by atoms with Crippen molar-refractivity contribution >= 4 is 10.0 Å². The highest BCUT2D eigenvalue weighted by Gasteiger charge is 2.21. The Morgan fingerprint density at radius 1 is 1.35 bits per heavy atom. The minimum Gasteiger partial charge on any atom is -0.444 e. The number of aliphatic hydroxyl groups is 1. The van der Waals surface area contributed by atoms with Gasteiger partial charge in [0.1, 0.15) is 5.76 Å². The van der Waals surface area contributed by atoms with Crippen molar-refractivity contribution in [3.8, 4) is 0 Å². The average Bonchev–Trinajstić information content (AvgIpc) is 2.85. The number of aryl methyl sites for hydroxylation is 1. The lowest BCUT2D eigenvalue weighted by Crippen LogP contribution is -2.27. The molecule has 0 aliphatic rings. The van der Waals surface area contributed by atoms with Crippen LogP contribution in [-0.4, -0.2) is 18.5 Å². The largest absolute Gasteiger partial charge is 0.444 e. The van der Waals surface area contributed by atoms with E-state index in [2.05, 4.69) is 9.71 Å². The predicted octanol–water partition coefficient (Wildman–Crippen LogP) is 1.51. The predicted molar refractivity (Wildman–Crippen MR) is 72.3 cm³/mol. The third-order valence-corrected chi connectivity index (χ3v) is 4.31. The number of oxazole rings is 1. The number of aromatic nitrogens is 1. The van der Waals surface area contributed by atoms with Crippen molar-refractivity contribution in [1.82, 2.24) is 9.71 Å². The summed E-state index contributed by atoms with van der Waals surface area (Å²) in [7, 11) is -3.66. The van der Waals surface area contributed by atoms with Crippen molar-refractivity contribution in [2.45, 2.75) is 31.4 Å². The number of hydrogen-bond donors (Lipinski definition) is 2. The zero-order valence-electron chi connectivity index (χ0n) is 11.2. The highest BCUT2D eigenvalue weighted by atomic mass is 32.2. The zero-order chi connectivity index (χ0) is 14.8. The van der Waals surface area contributed by atoms with E-state index in [1.54, 1.807) is 26.0 Å². The first-order chi connectivity index (χ1) is 9.42. The Kier molecular flexibility index (Phi) is 4.22. The molecule has 0 aliphatic carbocycles. The molecule has 1 atom stereocenters. The summed E-state index contributed by atoms with van der Waals surface area (Å²) in [6.07, 6.45) is 1.54. The molecule has 7 heteroatoms. The van der Waals surface area contributed by atoms with Crippen LogP contribution in [0.5, 0.6) is 0 Å². The molecule has 1 heterocycles. The molecule has 0 saturated heterocycles. The van der Waals surface area contributed by atoms with Crippen LogP contribution in [-0.2, 0) is 16.6 Å². The molecule has 0 radical (unpaired) electrons. The molecule has 0 bridgehead atoms. The third-order valence-electron chi connectivity index (χ3n) is 2.76. The molecule has 1 aromatic heterocycles. The molecule has 1 unspecified atom stereocenters. The van der Waals surface area contributed by atoms with Crippen LogP contribution >= 0.6 is 0 Å². The van der Waals surface area contributed by atoms with E-state index >= 15 is 0 Å². The van der Waals surface area contributed by atoms with Gasteiger partial charge in [0.25, 0.3) is 0 Å². The lowest BCUT2D eigenvalue weighted by atomic mass is 10.2. The number of hydrogen-bond acceptors (Lipinski definition) is 5. The van der Waals surface area contributed by atoms with Gasteiger partial charge in [-0.25, -0.2) is 13.4 Å². The SMILES string of the molecule is Cc1cnc(C(C)NS(=O)(=O)c2ccc(CO)cc2)o1. The molecule has 6 nitrogen and oxygen atoms in total. The van der Waals surface area contributed by atoms with Crippen LogP contribution in [0.2, 0.25) is 0 Å². The summed E-state index contributed by atoms with van der Waals surface area (Å²) in [5.74, 6) is 0.941. The Morgan fingerprint density at radius 3 is 2.50 bits per heavy atom. The molecule has 0 amide bonds. The summed E-state index contributed by atoms with van der Waals surface area (Å²) in [4.78, 5) is 4.12. The van der Waals surface area contributed by atoms with Crippen LogP contribution in [0.25, 0.3) is 0 Å². The van der Waals surface area contributed by atoms with E-state index < -0.39 is 16.1 Å². The van der Waals surface area contributed by atoms with Crippen molar-refractivity contribution < 1.29 is 17.9 Å². The fourth-order valence-electron chi connectivity index (χ4n) is 1.70. The molecule has 0 aliphatic heterocycles. The Bertz CT molecular complexity index is 677. The van der Waals surface area contributed by atoms with Gasteiger partial charge < -0.3 is 9.52 Å². The van der Waals surface area contributed by atoms with Gasteiger partial charge in [-0.05, 0) is 31.5 Å². The molecule has 20 heavy (non-hydrogen) atoms. The van der Waals surface area contributed by atoms with Crippen LogP contribution < -0.4 is 4.72 Å². The second kappa shape index (κ2) is 5.74. The van der Waals surface area contributed by atoms with Gasteiger partial charge in [0.15, 0.2) is 0 Å². The van der Waals surface area contributed by atoms with Crippen LogP contribution in [0, 0.1) is 6.92 Å². The minimum atomic E-state index is -3.66. The number of rotatable bonds is 5. The summed E-state index contributed by atoms with van der Waals surface area (Å²) < 4.78 is 32.1. The standard InChI is InChI=1S/C13H16N2O4S/c1-9-7-14-13(19-9)10(2)15-20(17,18)12-5-3-11(8-16)4-6-12/h3-7,10,15-16H,8H2,1-2H3. The fraction of sp³-hybridized carbons (Fsp3) is 0.308. The van der Waals surface area contributed by atoms with E-state index in [0.29, 0.717) is 17.2 Å². The summed E-state index contributed by atoms with van der Waals surface area (Å²) in [6.45, 7) is 3.27. The number of benzene rings is 1. The normalized spacial score (nSPS) is 13.3. The molecular formula is C13H16N2O4S.